The molecule has 4 N–H and O–H groups in total. The molecule has 9 heteroatoms. The predicted molar refractivity (Wildman–Crippen MR) is 77.6 cm³/mol. The van der Waals surface area contributed by atoms with Crippen molar-refractivity contribution in [1.29, 1.82) is 0 Å². The van der Waals surface area contributed by atoms with E-state index in [4.69, 9.17) is 14.9 Å². The fourth-order valence-corrected chi connectivity index (χ4v) is 2.55. The van der Waals surface area contributed by atoms with Crippen LogP contribution in [0, 0.1) is 0 Å². The molecule has 0 bridgehead atoms. The molecule has 0 saturated carbocycles. The summed E-state index contributed by atoms with van der Waals surface area (Å²) in [5.41, 5.74) is 0.771. The van der Waals surface area contributed by atoms with Crippen molar-refractivity contribution in [3.8, 4) is 0 Å². The Kier molecular flexibility index (Phi) is 6.55. The Bertz CT molecular complexity index is 557. The fourth-order valence-electron chi connectivity index (χ4n) is 1.76. The Morgan fingerprint density at radius 2 is 1.86 bits per heavy atom. The number of carboxylic acids is 1. The molecule has 0 spiro atoms. The van der Waals surface area contributed by atoms with E-state index in [2.05, 4.69) is 10.1 Å². The van der Waals surface area contributed by atoms with Crippen molar-refractivity contribution in [2.24, 2.45) is 0 Å². The lowest BCUT2D eigenvalue weighted by Gasteiger charge is -2.20. The Morgan fingerprint density at radius 3 is 2.36 bits per heavy atom. The molecule has 2 atom stereocenters. The summed E-state index contributed by atoms with van der Waals surface area (Å²) in [6.45, 7) is 1.18. The van der Waals surface area contributed by atoms with Crippen LogP contribution in [0.2, 0.25) is 0 Å². The highest BCUT2D eigenvalue weighted by molar-refractivity contribution is 7.51. The minimum Gasteiger partial charge on any atom is -0.479 e. The maximum atomic E-state index is 11.6. The van der Waals surface area contributed by atoms with Crippen LogP contribution in [0.5, 0.6) is 0 Å². The van der Waals surface area contributed by atoms with Gasteiger partial charge in [-0.1, -0.05) is 30.3 Å². The molecule has 0 saturated heterocycles. The topological polar surface area (TPSA) is 133 Å². The molecule has 8 nitrogen and oxygen atoms in total. The van der Waals surface area contributed by atoms with Crippen LogP contribution in [0.4, 0.5) is 4.79 Å². The Morgan fingerprint density at radius 1 is 1.27 bits per heavy atom. The first kappa shape index (κ1) is 18.2. The number of aliphatic carboxylic acids is 1. The number of ether oxygens (including phenoxy) is 1. The van der Waals surface area contributed by atoms with Gasteiger partial charge in [0.1, 0.15) is 0 Å². The van der Waals surface area contributed by atoms with Gasteiger partial charge in [-0.25, -0.2) is 9.59 Å². The minimum absolute atomic E-state index is 0.183. The SMILES string of the molecule is CC(OC(=O)NC(Cc1ccccc1)CP(=O)(O)O)C(=O)O. The van der Waals surface area contributed by atoms with Crippen molar-refractivity contribution >= 4 is 19.7 Å². The van der Waals surface area contributed by atoms with Crippen LogP contribution in [0.25, 0.3) is 0 Å². The van der Waals surface area contributed by atoms with Crippen LogP contribution < -0.4 is 5.32 Å². The van der Waals surface area contributed by atoms with Crippen LogP contribution in [-0.4, -0.2) is 45.3 Å². The molecule has 0 aliphatic rings. The second-order valence-electron chi connectivity index (χ2n) is 4.76. The van der Waals surface area contributed by atoms with E-state index in [0.717, 1.165) is 5.56 Å². The van der Waals surface area contributed by atoms with E-state index in [9.17, 15) is 14.2 Å². The first-order chi connectivity index (χ1) is 10.2. The second-order valence-corrected chi connectivity index (χ2v) is 6.46. The van der Waals surface area contributed by atoms with Crippen LogP contribution >= 0.6 is 7.60 Å². The smallest absolute Gasteiger partial charge is 0.408 e. The lowest BCUT2D eigenvalue weighted by molar-refractivity contribution is -0.145. The van der Waals surface area contributed by atoms with Gasteiger partial charge in [-0.05, 0) is 18.9 Å². The van der Waals surface area contributed by atoms with Crippen molar-refractivity contribution in [2.75, 3.05) is 6.16 Å². The van der Waals surface area contributed by atoms with Gasteiger partial charge in [-0.3, -0.25) is 4.57 Å². The molecule has 0 fully saturated rings. The largest absolute Gasteiger partial charge is 0.479 e. The Balaban J connectivity index is 2.72. The summed E-state index contributed by atoms with van der Waals surface area (Å²) in [7, 11) is -4.35. The summed E-state index contributed by atoms with van der Waals surface area (Å²) in [4.78, 5) is 40.4. The zero-order valence-electron chi connectivity index (χ0n) is 11.9. The van der Waals surface area contributed by atoms with Crippen LogP contribution in [-0.2, 0) is 20.5 Å². The number of nitrogens with one attached hydrogen (secondary N) is 1. The number of hydrogen-bond donors (Lipinski definition) is 4. The molecule has 0 radical (unpaired) electrons. The third-order valence-electron chi connectivity index (χ3n) is 2.74. The Hall–Kier alpha value is -1.89. The minimum atomic E-state index is -4.35. The average Bonchev–Trinajstić information content (AvgIpc) is 2.37. The summed E-state index contributed by atoms with van der Waals surface area (Å²) >= 11 is 0. The highest BCUT2D eigenvalue weighted by atomic mass is 31.2. The lowest BCUT2D eigenvalue weighted by atomic mass is 10.1. The van der Waals surface area contributed by atoms with Gasteiger partial charge < -0.3 is 24.9 Å². The number of carbonyl (C=O) groups excluding carboxylic acids is 1. The van der Waals surface area contributed by atoms with Crippen molar-refractivity contribution in [2.45, 2.75) is 25.5 Å². The number of carboxylic acid groups (broad SMARTS) is 1. The number of rotatable bonds is 7. The van der Waals surface area contributed by atoms with E-state index in [1.165, 1.54) is 6.92 Å². The maximum Gasteiger partial charge on any atom is 0.408 e. The molecule has 0 heterocycles. The molecule has 122 valence electrons. The van der Waals surface area contributed by atoms with Gasteiger partial charge in [0.2, 0.25) is 0 Å². The van der Waals surface area contributed by atoms with Gasteiger partial charge in [0.15, 0.2) is 6.10 Å². The number of benzene rings is 1. The highest BCUT2D eigenvalue weighted by Crippen LogP contribution is 2.35. The monoisotopic (exact) mass is 331 g/mol. The third-order valence-corrected chi connectivity index (χ3v) is 3.65. The number of amides is 1. The molecule has 1 rings (SSSR count). The van der Waals surface area contributed by atoms with E-state index < -0.39 is 38.0 Å². The van der Waals surface area contributed by atoms with Crippen LogP contribution in [0.3, 0.4) is 0 Å². The van der Waals surface area contributed by atoms with Gasteiger partial charge >= 0.3 is 19.7 Å². The zero-order chi connectivity index (χ0) is 16.8. The van der Waals surface area contributed by atoms with Gasteiger partial charge in [0, 0.05) is 6.04 Å². The van der Waals surface area contributed by atoms with E-state index in [0.29, 0.717) is 0 Å². The van der Waals surface area contributed by atoms with Gasteiger partial charge in [0.05, 0.1) is 6.16 Å². The van der Waals surface area contributed by atoms with E-state index >= 15 is 0 Å². The zero-order valence-corrected chi connectivity index (χ0v) is 12.8. The first-order valence-electron chi connectivity index (χ1n) is 6.46. The van der Waals surface area contributed by atoms with Crippen molar-refractivity contribution < 1.29 is 33.8 Å². The summed E-state index contributed by atoms with van der Waals surface area (Å²) in [5, 5.41) is 10.9. The van der Waals surface area contributed by atoms with Gasteiger partial charge in [-0.15, -0.1) is 0 Å². The highest BCUT2D eigenvalue weighted by Gasteiger charge is 2.25. The molecule has 22 heavy (non-hydrogen) atoms. The lowest BCUT2D eigenvalue weighted by Crippen LogP contribution is -2.41. The number of alkyl carbamates (subject to hydrolysis) is 1. The molecule has 1 aromatic rings. The summed E-state index contributed by atoms with van der Waals surface area (Å²) in [5.74, 6) is -1.32. The molecular weight excluding hydrogens is 313 g/mol. The normalized spacial score (nSPS) is 14.0. The molecule has 0 aromatic heterocycles. The average molecular weight is 331 g/mol. The maximum absolute atomic E-state index is 11.6. The van der Waals surface area contributed by atoms with Gasteiger partial charge in [-0.2, -0.15) is 0 Å². The van der Waals surface area contributed by atoms with E-state index in [1.807, 2.05) is 0 Å². The number of carbonyl (C=O) groups is 2. The fraction of sp³-hybridized carbons (Fsp3) is 0.385. The van der Waals surface area contributed by atoms with Crippen molar-refractivity contribution in [3.63, 3.8) is 0 Å². The standard InChI is InChI=1S/C13H18NO7P/c1-9(12(15)16)21-13(17)14-11(8-22(18,19)20)7-10-5-3-2-4-6-10/h2-6,9,11H,7-8H2,1H3,(H,14,17)(H,15,16)(H2,18,19,20). The third kappa shape index (κ3) is 7.21. The molecule has 2 unspecified atom stereocenters. The van der Waals surface area contributed by atoms with E-state index in [1.54, 1.807) is 30.3 Å². The Labute approximate surface area is 127 Å². The second kappa shape index (κ2) is 7.93. The van der Waals surface area contributed by atoms with E-state index in [-0.39, 0.29) is 6.42 Å². The molecule has 1 amide bonds. The summed E-state index contributed by atoms with van der Waals surface area (Å²) < 4.78 is 15.7. The first-order valence-corrected chi connectivity index (χ1v) is 8.25. The molecule has 0 aliphatic heterocycles. The van der Waals surface area contributed by atoms with Crippen LogP contribution in [0.1, 0.15) is 12.5 Å². The number of hydrogen-bond acceptors (Lipinski definition) is 4. The van der Waals surface area contributed by atoms with Crippen LogP contribution in [0.15, 0.2) is 30.3 Å². The van der Waals surface area contributed by atoms with Crippen molar-refractivity contribution in [3.05, 3.63) is 35.9 Å². The molecule has 0 aliphatic carbocycles. The summed E-state index contributed by atoms with van der Waals surface area (Å²) in [6, 6.07) is 7.93. The molecule has 1 aromatic carbocycles. The summed E-state index contributed by atoms with van der Waals surface area (Å²) in [6.07, 6.45) is -2.78. The predicted octanol–water partition coefficient (Wildman–Crippen LogP) is 0.975. The van der Waals surface area contributed by atoms with Gasteiger partial charge in [0.25, 0.3) is 0 Å². The van der Waals surface area contributed by atoms with Crippen molar-refractivity contribution in [1.82, 2.24) is 5.32 Å². The molecular formula is C13H18NO7P. The quantitative estimate of drug-likeness (QED) is 0.547.